The van der Waals surface area contributed by atoms with Crippen molar-refractivity contribution in [1.29, 1.82) is 0 Å². The minimum absolute atomic E-state index is 0.0555. The Labute approximate surface area is 133 Å². The van der Waals surface area contributed by atoms with Gasteiger partial charge < -0.3 is 9.88 Å². The summed E-state index contributed by atoms with van der Waals surface area (Å²) in [6, 6.07) is 15.3. The standard InChI is InChI=1S/C17H17N3OS/c1-12(20-11-18-15-5-3-4-6-16(15)20)17(21)19-13-7-9-14(22-2)10-8-13/h3-12H,1-2H3,(H,19,21)/t12-/m0/s1. The Morgan fingerprint density at radius 3 is 2.64 bits per heavy atom. The van der Waals surface area contributed by atoms with Gasteiger partial charge in [-0.3, -0.25) is 4.79 Å². The molecule has 0 saturated heterocycles. The van der Waals surface area contributed by atoms with Crippen LogP contribution in [0, 0.1) is 0 Å². The highest BCUT2D eigenvalue weighted by atomic mass is 32.2. The van der Waals surface area contributed by atoms with Gasteiger partial charge in [0.25, 0.3) is 0 Å². The van der Waals surface area contributed by atoms with Crippen LogP contribution >= 0.6 is 11.8 Å². The summed E-state index contributed by atoms with van der Waals surface area (Å²) in [7, 11) is 0. The van der Waals surface area contributed by atoms with Crippen LogP contribution in [0.3, 0.4) is 0 Å². The second-order valence-corrected chi connectivity index (χ2v) is 5.91. The van der Waals surface area contributed by atoms with Gasteiger partial charge in [0.1, 0.15) is 6.04 Å². The van der Waals surface area contributed by atoms with Gasteiger partial charge in [-0.2, -0.15) is 0 Å². The number of anilines is 1. The molecule has 1 atom stereocenters. The SMILES string of the molecule is CSc1ccc(NC(=O)[C@H](C)n2cnc3ccccc32)cc1. The normalized spacial score (nSPS) is 12.3. The van der Waals surface area contributed by atoms with Gasteiger partial charge in [0.05, 0.1) is 17.4 Å². The fraction of sp³-hybridized carbons (Fsp3) is 0.176. The number of aromatic nitrogens is 2. The van der Waals surface area contributed by atoms with Crippen LogP contribution in [0.25, 0.3) is 11.0 Å². The van der Waals surface area contributed by atoms with Crippen LogP contribution in [-0.4, -0.2) is 21.7 Å². The molecule has 1 aromatic heterocycles. The Bertz CT molecular complexity index is 795. The number of rotatable bonds is 4. The highest BCUT2D eigenvalue weighted by molar-refractivity contribution is 7.98. The molecule has 5 heteroatoms. The number of hydrogen-bond acceptors (Lipinski definition) is 3. The maximum Gasteiger partial charge on any atom is 0.247 e. The largest absolute Gasteiger partial charge is 0.324 e. The van der Waals surface area contributed by atoms with Gasteiger partial charge >= 0.3 is 0 Å². The maximum atomic E-state index is 12.4. The summed E-state index contributed by atoms with van der Waals surface area (Å²) >= 11 is 1.68. The Hall–Kier alpha value is -2.27. The van der Waals surface area contributed by atoms with E-state index < -0.39 is 0 Å². The van der Waals surface area contributed by atoms with E-state index in [9.17, 15) is 4.79 Å². The van der Waals surface area contributed by atoms with Crippen LogP contribution < -0.4 is 5.32 Å². The van der Waals surface area contributed by atoms with Gasteiger partial charge in [-0.1, -0.05) is 12.1 Å². The van der Waals surface area contributed by atoms with Crippen LogP contribution in [0.4, 0.5) is 5.69 Å². The average Bonchev–Trinajstić information content (AvgIpc) is 2.99. The highest BCUT2D eigenvalue weighted by Gasteiger charge is 2.17. The fourth-order valence-corrected chi connectivity index (χ4v) is 2.74. The van der Waals surface area contributed by atoms with Crippen molar-refractivity contribution in [2.75, 3.05) is 11.6 Å². The molecule has 0 radical (unpaired) electrons. The third-order valence-electron chi connectivity index (χ3n) is 3.64. The van der Waals surface area contributed by atoms with Gasteiger partial charge in [0, 0.05) is 10.6 Å². The third-order valence-corrected chi connectivity index (χ3v) is 4.38. The molecule has 4 nitrogen and oxygen atoms in total. The van der Waals surface area contributed by atoms with Crippen LogP contribution in [0.15, 0.2) is 59.8 Å². The highest BCUT2D eigenvalue weighted by Crippen LogP contribution is 2.20. The second-order valence-electron chi connectivity index (χ2n) is 5.03. The Kier molecular flexibility index (Phi) is 4.15. The number of hydrogen-bond donors (Lipinski definition) is 1. The number of nitrogens with one attached hydrogen (secondary N) is 1. The van der Waals surface area contributed by atoms with E-state index in [4.69, 9.17) is 0 Å². The van der Waals surface area contributed by atoms with Crippen molar-refractivity contribution in [1.82, 2.24) is 9.55 Å². The van der Waals surface area contributed by atoms with E-state index in [1.807, 2.05) is 66.3 Å². The summed E-state index contributed by atoms with van der Waals surface area (Å²) in [5.74, 6) is -0.0555. The molecule has 0 fully saturated rings. The maximum absolute atomic E-state index is 12.4. The minimum atomic E-state index is -0.326. The van der Waals surface area contributed by atoms with Gasteiger partial charge in [-0.15, -0.1) is 11.8 Å². The van der Waals surface area contributed by atoms with Gasteiger partial charge in [-0.25, -0.2) is 4.98 Å². The molecule has 0 aliphatic rings. The molecule has 1 amide bonds. The molecule has 0 unspecified atom stereocenters. The monoisotopic (exact) mass is 311 g/mol. The molecule has 22 heavy (non-hydrogen) atoms. The summed E-state index contributed by atoms with van der Waals surface area (Å²) in [6.45, 7) is 1.87. The molecule has 112 valence electrons. The predicted octanol–water partition coefficient (Wildman–Crippen LogP) is 3.96. The van der Waals surface area contributed by atoms with Crippen molar-refractivity contribution in [2.45, 2.75) is 17.9 Å². The molecule has 0 aliphatic carbocycles. The van der Waals surface area contributed by atoms with Crippen LogP contribution in [0.2, 0.25) is 0 Å². The second kappa shape index (κ2) is 6.23. The van der Waals surface area contributed by atoms with E-state index in [1.165, 1.54) is 4.90 Å². The van der Waals surface area contributed by atoms with Crippen LogP contribution in [0.5, 0.6) is 0 Å². The summed E-state index contributed by atoms with van der Waals surface area (Å²) in [4.78, 5) is 17.9. The summed E-state index contributed by atoms with van der Waals surface area (Å²) in [6.07, 6.45) is 3.74. The zero-order valence-electron chi connectivity index (χ0n) is 12.5. The van der Waals surface area contributed by atoms with Crippen molar-refractivity contribution in [3.63, 3.8) is 0 Å². The number of amides is 1. The van der Waals surface area contributed by atoms with Crippen LogP contribution in [0.1, 0.15) is 13.0 Å². The van der Waals surface area contributed by atoms with E-state index in [-0.39, 0.29) is 11.9 Å². The molecule has 0 spiro atoms. The number of nitrogens with zero attached hydrogens (tertiary/aromatic N) is 2. The summed E-state index contributed by atoms with van der Waals surface area (Å²) in [5, 5.41) is 2.95. The molecular weight excluding hydrogens is 294 g/mol. The topological polar surface area (TPSA) is 46.9 Å². The zero-order chi connectivity index (χ0) is 15.5. The van der Waals surface area contributed by atoms with Crippen molar-refractivity contribution < 1.29 is 4.79 Å². The molecule has 2 aromatic carbocycles. The smallest absolute Gasteiger partial charge is 0.247 e. The van der Waals surface area contributed by atoms with E-state index >= 15 is 0 Å². The average molecular weight is 311 g/mol. The van der Waals surface area contributed by atoms with Crippen molar-refractivity contribution in [3.8, 4) is 0 Å². The van der Waals surface area contributed by atoms with Gasteiger partial charge in [0.15, 0.2) is 0 Å². The first-order valence-electron chi connectivity index (χ1n) is 7.05. The first-order valence-corrected chi connectivity index (χ1v) is 8.28. The number of carbonyl (C=O) groups excluding carboxylic acids is 1. The summed E-state index contributed by atoms with van der Waals surface area (Å²) < 4.78 is 1.89. The molecule has 1 N–H and O–H groups in total. The van der Waals surface area contributed by atoms with Gasteiger partial charge in [0.2, 0.25) is 5.91 Å². The Balaban J connectivity index is 1.79. The number of benzene rings is 2. The first kappa shape index (κ1) is 14.7. The van der Waals surface area contributed by atoms with Crippen molar-refractivity contribution in [2.24, 2.45) is 0 Å². The number of fused-ring (bicyclic) bond motifs is 1. The van der Waals surface area contributed by atoms with Crippen molar-refractivity contribution in [3.05, 3.63) is 54.9 Å². The molecule has 0 bridgehead atoms. The fourth-order valence-electron chi connectivity index (χ4n) is 2.33. The molecule has 3 rings (SSSR count). The van der Waals surface area contributed by atoms with E-state index in [1.54, 1.807) is 18.1 Å². The van der Waals surface area contributed by atoms with E-state index in [0.29, 0.717) is 0 Å². The van der Waals surface area contributed by atoms with E-state index in [0.717, 1.165) is 16.7 Å². The predicted molar refractivity (Wildman–Crippen MR) is 91.3 cm³/mol. The number of para-hydroxylation sites is 2. The lowest BCUT2D eigenvalue weighted by molar-refractivity contribution is -0.118. The minimum Gasteiger partial charge on any atom is -0.324 e. The van der Waals surface area contributed by atoms with Crippen LogP contribution in [-0.2, 0) is 4.79 Å². The number of thioether (sulfide) groups is 1. The Morgan fingerprint density at radius 2 is 1.91 bits per heavy atom. The van der Waals surface area contributed by atoms with E-state index in [2.05, 4.69) is 10.3 Å². The molecular formula is C17H17N3OS. The summed E-state index contributed by atoms with van der Waals surface area (Å²) in [5.41, 5.74) is 2.66. The lowest BCUT2D eigenvalue weighted by Gasteiger charge is -2.14. The molecule has 1 heterocycles. The lowest BCUT2D eigenvalue weighted by atomic mass is 10.2. The Morgan fingerprint density at radius 1 is 1.18 bits per heavy atom. The number of imidazole rings is 1. The number of carbonyl (C=O) groups is 1. The lowest BCUT2D eigenvalue weighted by Crippen LogP contribution is -2.23. The molecule has 0 saturated carbocycles. The zero-order valence-corrected chi connectivity index (χ0v) is 13.3. The molecule has 3 aromatic rings. The van der Waals surface area contributed by atoms with Crippen molar-refractivity contribution >= 4 is 34.4 Å². The molecule has 0 aliphatic heterocycles. The van der Waals surface area contributed by atoms with Gasteiger partial charge in [-0.05, 0) is 49.6 Å². The quantitative estimate of drug-likeness (QED) is 0.742. The third kappa shape index (κ3) is 2.85. The first-order chi connectivity index (χ1) is 10.7.